The molecule has 0 aliphatic carbocycles. The maximum Gasteiger partial charge on any atom is 0.151 e. The molecule has 0 rings (SSSR count). The smallest absolute Gasteiger partial charge is 0.151 e. The average molecular weight is 222 g/mol. The van der Waals surface area contributed by atoms with Gasteiger partial charge in [0.25, 0.3) is 0 Å². The van der Waals surface area contributed by atoms with Crippen LogP contribution in [0.3, 0.4) is 0 Å². The van der Waals surface area contributed by atoms with E-state index in [0.717, 1.165) is 0 Å². The van der Waals surface area contributed by atoms with E-state index in [4.69, 9.17) is 5.73 Å². The highest BCUT2D eigenvalue weighted by Gasteiger charge is 2.13. The lowest BCUT2D eigenvalue weighted by atomic mass is 10.3. The van der Waals surface area contributed by atoms with E-state index in [2.05, 4.69) is 0 Å². The van der Waals surface area contributed by atoms with Crippen molar-refractivity contribution < 1.29 is 8.42 Å². The van der Waals surface area contributed by atoms with Gasteiger partial charge in [0.1, 0.15) is 0 Å². The zero-order valence-electron chi connectivity index (χ0n) is 9.36. The molecule has 0 aromatic carbocycles. The highest BCUT2D eigenvalue weighted by atomic mass is 32.2. The minimum Gasteiger partial charge on any atom is -0.329 e. The minimum absolute atomic E-state index is 0.238. The van der Waals surface area contributed by atoms with Crippen LogP contribution in [0.2, 0.25) is 0 Å². The lowest BCUT2D eigenvalue weighted by Crippen LogP contribution is -2.38. The van der Waals surface area contributed by atoms with Crippen molar-refractivity contribution in [2.24, 2.45) is 5.73 Å². The Kier molecular flexibility index (Phi) is 6.31. The summed E-state index contributed by atoms with van der Waals surface area (Å²) in [6.07, 6.45) is 0.693. The van der Waals surface area contributed by atoms with Crippen molar-refractivity contribution in [1.82, 2.24) is 4.90 Å². The van der Waals surface area contributed by atoms with Gasteiger partial charge in [0.15, 0.2) is 9.84 Å². The van der Waals surface area contributed by atoms with E-state index in [1.807, 2.05) is 25.8 Å². The Bertz CT molecular complexity index is 239. The second-order valence-corrected chi connectivity index (χ2v) is 6.02. The van der Waals surface area contributed by atoms with Gasteiger partial charge >= 0.3 is 0 Å². The number of hydrogen-bond acceptors (Lipinski definition) is 4. The van der Waals surface area contributed by atoms with Crippen molar-refractivity contribution in [3.05, 3.63) is 0 Å². The fourth-order valence-corrected chi connectivity index (χ4v) is 2.49. The first kappa shape index (κ1) is 13.9. The van der Waals surface area contributed by atoms with Crippen LogP contribution in [0.5, 0.6) is 0 Å². The van der Waals surface area contributed by atoms with Crippen LogP contribution in [0.15, 0.2) is 0 Å². The summed E-state index contributed by atoms with van der Waals surface area (Å²) in [6, 6.07) is 0.242. The molecule has 0 aliphatic heterocycles. The second-order valence-electron chi connectivity index (χ2n) is 3.72. The average Bonchev–Trinajstić information content (AvgIpc) is 2.13. The van der Waals surface area contributed by atoms with Gasteiger partial charge in [-0.25, -0.2) is 8.42 Å². The Labute approximate surface area is 87.4 Å². The molecule has 0 aromatic heterocycles. The molecule has 0 spiro atoms. The zero-order chi connectivity index (χ0) is 11.2. The van der Waals surface area contributed by atoms with E-state index in [-0.39, 0.29) is 17.5 Å². The van der Waals surface area contributed by atoms with Crippen LogP contribution >= 0.6 is 0 Å². The van der Waals surface area contributed by atoms with E-state index in [9.17, 15) is 8.42 Å². The van der Waals surface area contributed by atoms with Gasteiger partial charge in [-0.2, -0.15) is 0 Å². The highest BCUT2D eigenvalue weighted by Crippen LogP contribution is 1.98. The van der Waals surface area contributed by atoms with Gasteiger partial charge in [-0.05, 0) is 20.4 Å². The van der Waals surface area contributed by atoms with E-state index in [1.165, 1.54) is 0 Å². The Morgan fingerprint density at radius 3 is 2.36 bits per heavy atom. The lowest BCUT2D eigenvalue weighted by molar-refractivity contribution is 0.277. The molecule has 0 aliphatic rings. The molecule has 1 atom stereocenters. The first-order chi connectivity index (χ1) is 6.43. The summed E-state index contributed by atoms with van der Waals surface area (Å²) in [6.45, 7) is 5.00. The summed E-state index contributed by atoms with van der Waals surface area (Å²) >= 11 is 0. The molecule has 5 heteroatoms. The van der Waals surface area contributed by atoms with Crippen molar-refractivity contribution in [2.75, 3.05) is 31.6 Å². The van der Waals surface area contributed by atoms with E-state index in [0.29, 0.717) is 19.5 Å². The Morgan fingerprint density at radius 2 is 1.93 bits per heavy atom. The predicted octanol–water partition coefficient (Wildman–Crippen LogP) is 0.0902. The predicted molar refractivity (Wildman–Crippen MR) is 60.1 cm³/mol. The van der Waals surface area contributed by atoms with Gasteiger partial charge in [-0.3, -0.25) is 0 Å². The van der Waals surface area contributed by atoms with Gasteiger partial charge in [0.05, 0.1) is 5.75 Å². The third-order valence-electron chi connectivity index (χ3n) is 2.36. The van der Waals surface area contributed by atoms with Crippen LogP contribution in [-0.4, -0.2) is 51.0 Å². The van der Waals surface area contributed by atoms with Gasteiger partial charge in [-0.15, -0.1) is 0 Å². The number of nitrogens with zero attached hydrogens (tertiary/aromatic N) is 1. The Balaban J connectivity index is 3.93. The van der Waals surface area contributed by atoms with Crippen LogP contribution in [0.4, 0.5) is 0 Å². The quantitative estimate of drug-likeness (QED) is 0.663. The second kappa shape index (κ2) is 6.37. The molecule has 4 nitrogen and oxygen atoms in total. The molecule has 86 valence electrons. The maximum absolute atomic E-state index is 11.4. The first-order valence-electron chi connectivity index (χ1n) is 5.03. The van der Waals surface area contributed by atoms with Crippen molar-refractivity contribution in [2.45, 2.75) is 26.3 Å². The van der Waals surface area contributed by atoms with Gasteiger partial charge < -0.3 is 10.6 Å². The SMILES string of the molecule is CCCS(=O)(=O)CCN(C)C(C)CN. The largest absolute Gasteiger partial charge is 0.329 e. The number of rotatable bonds is 7. The molecule has 14 heavy (non-hydrogen) atoms. The van der Waals surface area contributed by atoms with E-state index in [1.54, 1.807) is 0 Å². The Hall–Kier alpha value is -0.130. The maximum atomic E-state index is 11.4. The molecule has 0 bridgehead atoms. The third-order valence-corrected chi connectivity index (χ3v) is 4.20. The van der Waals surface area contributed by atoms with E-state index >= 15 is 0 Å². The summed E-state index contributed by atoms with van der Waals surface area (Å²) in [7, 11) is -0.949. The first-order valence-corrected chi connectivity index (χ1v) is 6.85. The molecular formula is C9H22N2O2S. The molecule has 0 saturated heterocycles. The van der Waals surface area contributed by atoms with Gasteiger partial charge in [0, 0.05) is 24.9 Å². The fourth-order valence-electron chi connectivity index (χ4n) is 1.10. The van der Waals surface area contributed by atoms with Gasteiger partial charge in [-0.1, -0.05) is 6.92 Å². The van der Waals surface area contributed by atoms with Crippen LogP contribution in [0.25, 0.3) is 0 Å². The lowest BCUT2D eigenvalue weighted by Gasteiger charge is -2.22. The summed E-state index contributed by atoms with van der Waals surface area (Å²) in [5.74, 6) is 0.527. The Morgan fingerprint density at radius 1 is 1.36 bits per heavy atom. The van der Waals surface area contributed by atoms with E-state index < -0.39 is 9.84 Å². The van der Waals surface area contributed by atoms with Gasteiger partial charge in [0.2, 0.25) is 0 Å². The normalized spacial score (nSPS) is 14.6. The highest BCUT2D eigenvalue weighted by molar-refractivity contribution is 7.91. The summed E-state index contributed by atoms with van der Waals surface area (Å²) in [5, 5.41) is 0. The van der Waals surface area contributed by atoms with Crippen LogP contribution in [0, 0.1) is 0 Å². The molecule has 0 radical (unpaired) electrons. The topological polar surface area (TPSA) is 63.4 Å². The molecule has 0 amide bonds. The van der Waals surface area contributed by atoms with Crippen molar-refractivity contribution >= 4 is 9.84 Å². The molecule has 2 N–H and O–H groups in total. The van der Waals surface area contributed by atoms with Crippen LogP contribution < -0.4 is 5.73 Å². The molecule has 0 heterocycles. The van der Waals surface area contributed by atoms with Crippen molar-refractivity contribution in [3.8, 4) is 0 Å². The standard InChI is InChI=1S/C9H22N2O2S/c1-4-6-14(12,13)7-5-11(3)9(2)8-10/h9H,4-8,10H2,1-3H3. The molecule has 0 aromatic rings. The number of likely N-dealkylation sites (N-methyl/N-ethyl adjacent to an activating group) is 1. The van der Waals surface area contributed by atoms with Crippen LogP contribution in [0.1, 0.15) is 20.3 Å². The van der Waals surface area contributed by atoms with Crippen molar-refractivity contribution in [3.63, 3.8) is 0 Å². The van der Waals surface area contributed by atoms with Crippen molar-refractivity contribution in [1.29, 1.82) is 0 Å². The summed E-state index contributed by atoms with van der Waals surface area (Å²) < 4.78 is 22.8. The number of sulfone groups is 1. The summed E-state index contributed by atoms with van der Waals surface area (Å²) in [5.41, 5.74) is 5.48. The summed E-state index contributed by atoms with van der Waals surface area (Å²) in [4.78, 5) is 1.98. The number of hydrogen-bond donors (Lipinski definition) is 1. The monoisotopic (exact) mass is 222 g/mol. The third kappa shape index (κ3) is 5.57. The number of nitrogens with two attached hydrogens (primary N) is 1. The molecule has 1 unspecified atom stereocenters. The minimum atomic E-state index is -2.85. The zero-order valence-corrected chi connectivity index (χ0v) is 10.2. The van der Waals surface area contributed by atoms with Crippen LogP contribution in [-0.2, 0) is 9.84 Å². The fraction of sp³-hybridized carbons (Fsp3) is 1.00. The molecule has 0 saturated carbocycles. The molecule has 0 fully saturated rings. The molecular weight excluding hydrogens is 200 g/mol.